The molecule has 0 rings (SSSR count). The maximum atomic E-state index is 12.3. The van der Waals surface area contributed by atoms with Gasteiger partial charge >= 0.3 is 5.97 Å². The first-order valence-corrected chi connectivity index (χ1v) is 6.73. The maximum Gasteiger partial charge on any atom is 0.303 e. The average Bonchev–Trinajstić information content (AvgIpc) is 2.26. The zero-order valence-corrected chi connectivity index (χ0v) is 12.7. The fourth-order valence-electron chi connectivity index (χ4n) is 1.98. The summed E-state index contributed by atoms with van der Waals surface area (Å²) in [5, 5.41) is 8.85. The van der Waals surface area contributed by atoms with E-state index in [1.165, 1.54) is 0 Å². The normalized spacial score (nSPS) is 13.1. The molecular weight excluding hydrogens is 246 g/mol. The molecule has 1 atom stereocenters. The van der Waals surface area contributed by atoms with Crippen molar-refractivity contribution in [1.82, 2.24) is 4.90 Å². The third-order valence-electron chi connectivity index (χ3n) is 3.24. The van der Waals surface area contributed by atoms with Crippen LogP contribution in [0.3, 0.4) is 0 Å². The van der Waals surface area contributed by atoms with Crippen molar-refractivity contribution in [2.24, 2.45) is 5.41 Å². The molecular formula is C14H27NO4. The van der Waals surface area contributed by atoms with Crippen LogP contribution in [0.1, 0.15) is 47.0 Å². The van der Waals surface area contributed by atoms with Gasteiger partial charge in [0.2, 0.25) is 5.91 Å². The lowest BCUT2D eigenvalue weighted by Gasteiger charge is -2.32. The largest absolute Gasteiger partial charge is 0.481 e. The summed E-state index contributed by atoms with van der Waals surface area (Å²) in [6.07, 6.45) is 1.11. The number of hydrogen-bond acceptors (Lipinski definition) is 3. The van der Waals surface area contributed by atoms with Crippen LogP contribution in [0.5, 0.6) is 0 Å². The molecule has 0 fully saturated rings. The van der Waals surface area contributed by atoms with Crippen LogP contribution in [0.2, 0.25) is 0 Å². The number of carbonyl (C=O) groups excluding carboxylic acids is 1. The van der Waals surface area contributed by atoms with Gasteiger partial charge in [-0.25, -0.2) is 0 Å². The number of carboxylic acid groups (broad SMARTS) is 1. The van der Waals surface area contributed by atoms with Gasteiger partial charge in [0.25, 0.3) is 0 Å². The van der Waals surface area contributed by atoms with Gasteiger partial charge in [0, 0.05) is 26.1 Å². The Bertz CT molecular complexity index is 302. The lowest BCUT2D eigenvalue weighted by Crippen LogP contribution is -2.42. The van der Waals surface area contributed by atoms with Gasteiger partial charge in [0.15, 0.2) is 0 Å². The molecule has 0 heterocycles. The predicted octanol–water partition coefficient (Wildman–Crippen LogP) is 2.15. The molecule has 1 unspecified atom stereocenters. The minimum Gasteiger partial charge on any atom is -0.481 e. The molecule has 1 amide bonds. The number of aliphatic carboxylic acids is 1. The number of amides is 1. The third kappa shape index (κ3) is 7.15. The van der Waals surface area contributed by atoms with Crippen LogP contribution in [0.15, 0.2) is 0 Å². The van der Waals surface area contributed by atoms with Crippen molar-refractivity contribution in [3.63, 3.8) is 0 Å². The molecule has 112 valence electrons. The zero-order chi connectivity index (χ0) is 15.1. The zero-order valence-electron chi connectivity index (χ0n) is 12.7. The van der Waals surface area contributed by atoms with Crippen molar-refractivity contribution in [2.75, 3.05) is 20.3 Å². The number of nitrogens with zero attached hydrogens (tertiary/aromatic N) is 1. The Morgan fingerprint density at radius 3 is 2.32 bits per heavy atom. The number of carboxylic acids is 1. The molecule has 0 saturated carbocycles. The van der Waals surface area contributed by atoms with Crippen molar-refractivity contribution in [3.05, 3.63) is 0 Å². The molecule has 0 aromatic heterocycles. The van der Waals surface area contributed by atoms with Crippen molar-refractivity contribution in [1.29, 1.82) is 0 Å². The molecule has 0 aromatic carbocycles. The Kier molecular flexibility index (Phi) is 7.68. The van der Waals surface area contributed by atoms with Gasteiger partial charge in [-0.1, -0.05) is 20.8 Å². The van der Waals surface area contributed by atoms with E-state index >= 15 is 0 Å². The number of carbonyl (C=O) groups is 2. The van der Waals surface area contributed by atoms with Gasteiger partial charge in [-0.2, -0.15) is 0 Å². The van der Waals surface area contributed by atoms with Gasteiger partial charge in [-0.3, -0.25) is 9.59 Å². The predicted molar refractivity (Wildman–Crippen MR) is 74.0 cm³/mol. The monoisotopic (exact) mass is 273 g/mol. The van der Waals surface area contributed by atoms with Gasteiger partial charge in [0.05, 0.1) is 13.0 Å². The lowest BCUT2D eigenvalue weighted by atomic mass is 9.85. The molecule has 0 spiro atoms. The summed E-state index contributed by atoms with van der Waals surface area (Å²) in [4.78, 5) is 24.9. The fourth-order valence-corrected chi connectivity index (χ4v) is 1.98. The van der Waals surface area contributed by atoms with Crippen LogP contribution >= 0.6 is 0 Å². The van der Waals surface area contributed by atoms with Crippen LogP contribution in [0, 0.1) is 5.41 Å². The number of methoxy groups -OCH3 is 1. The van der Waals surface area contributed by atoms with E-state index in [-0.39, 0.29) is 24.8 Å². The van der Waals surface area contributed by atoms with Gasteiger partial charge < -0.3 is 14.7 Å². The summed E-state index contributed by atoms with van der Waals surface area (Å²) in [5.41, 5.74) is -0.526. The third-order valence-corrected chi connectivity index (χ3v) is 3.24. The minimum atomic E-state index is -0.871. The molecule has 0 aliphatic carbocycles. The van der Waals surface area contributed by atoms with E-state index in [2.05, 4.69) is 0 Å². The van der Waals surface area contributed by atoms with Crippen LogP contribution < -0.4 is 0 Å². The summed E-state index contributed by atoms with van der Waals surface area (Å²) in [6.45, 7) is 8.69. The molecule has 1 N–H and O–H groups in total. The second-order valence-corrected chi connectivity index (χ2v) is 5.75. The van der Waals surface area contributed by atoms with Crippen LogP contribution in [-0.2, 0) is 14.3 Å². The highest BCUT2D eigenvalue weighted by atomic mass is 16.5. The van der Waals surface area contributed by atoms with Crippen molar-refractivity contribution in [2.45, 2.75) is 53.0 Å². The van der Waals surface area contributed by atoms with Crippen LogP contribution in [0.4, 0.5) is 0 Å². The Morgan fingerprint density at radius 2 is 1.89 bits per heavy atom. The van der Waals surface area contributed by atoms with Crippen molar-refractivity contribution >= 4 is 11.9 Å². The fraction of sp³-hybridized carbons (Fsp3) is 0.857. The van der Waals surface area contributed by atoms with Crippen LogP contribution in [-0.4, -0.2) is 48.2 Å². The molecule has 0 radical (unpaired) electrons. The minimum absolute atomic E-state index is 0.00218. The number of hydrogen-bond donors (Lipinski definition) is 1. The second kappa shape index (κ2) is 8.15. The van der Waals surface area contributed by atoms with Crippen LogP contribution in [0.25, 0.3) is 0 Å². The molecule has 19 heavy (non-hydrogen) atoms. The SMILES string of the molecule is CCC(C)N(CCOC)C(=O)CC(C)(C)CC(=O)O. The standard InChI is InChI=1S/C14H27NO4/c1-6-11(2)15(7-8-19-5)12(16)9-14(3,4)10-13(17)18/h11H,6-10H2,1-5H3,(H,17,18). The molecule has 5 heteroatoms. The molecule has 0 aromatic rings. The van der Waals surface area contributed by atoms with E-state index < -0.39 is 11.4 Å². The lowest BCUT2D eigenvalue weighted by molar-refractivity contribution is -0.141. The summed E-state index contributed by atoms with van der Waals surface area (Å²) in [7, 11) is 1.60. The van der Waals surface area contributed by atoms with E-state index in [0.29, 0.717) is 13.2 Å². The molecule has 0 saturated heterocycles. The first kappa shape index (κ1) is 17.9. The molecule has 5 nitrogen and oxygen atoms in total. The van der Waals surface area contributed by atoms with E-state index in [1.807, 2.05) is 27.7 Å². The summed E-state index contributed by atoms with van der Waals surface area (Å²) < 4.78 is 5.02. The first-order valence-electron chi connectivity index (χ1n) is 6.73. The average molecular weight is 273 g/mol. The van der Waals surface area contributed by atoms with E-state index in [4.69, 9.17) is 9.84 Å². The highest BCUT2D eigenvalue weighted by Crippen LogP contribution is 2.26. The van der Waals surface area contributed by atoms with E-state index in [1.54, 1.807) is 12.0 Å². The highest BCUT2D eigenvalue weighted by molar-refractivity contribution is 5.78. The number of rotatable bonds is 9. The molecule has 0 bridgehead atoms. The Morgan fingerprint density at radius 1 is 1.32 bits per heavy atom. The Hall–Kier alpha value is -1.10. The quantitative estimate of drug-likeness (QED) is 0.699. The van der Waals surface area contributed by atoms with Crippen molar-refractivity contribution in [3.8, 4) is 0 Å². The smallest absolute Gasteiger partial charge is 0.303 e. The summed E-state index contributed by atoms with van der Waals surface area (Å²) in [5.74, 6) is -0.873. The molecule has 0 aliphatic heterocycles. The highest BCUT2D eigenvalue weighted by Gasteiger charge is 2.29. The summed E-state index contributed by atoms with van der Waals surface area (Å²) in [6, 6.07) is 0.142. The van der Waals surface area contributed by atoms with E-state index in [0.717, 1.165) is 6.42 Å². The van der Waals surface area contributed by atoms with Crippen molar-refractivity contribution < 1.29 is 19.4 Å². The van der Waals surface area contributed by atoms with E-state index in [9.17, 15) is 9.59 Å². The first-order chi connectivity index (χ1) is 8.73. The topological polar surface area (TPSA) is 66.8 Å². The molecule has 0 aliphatic rings. The van der Waals surface area contributed by atoms with Gasteiger partial charge in [0.1, 0.15) is 0 Å². The Balaban J connectivity index is 4.66. The second-order valence-electron chi connectivity index (χ2n) is 5.75. The summed E-state index contributed by atoms with van der Waals surface area (Å²) >= 11 is 0. The maximum absolute atomic E-state index is 12.3. The Labute approximate surface area is 115 Å². The van der Waals surface area contributed by atoms with Gasteiger partial charge in [-0.15, -0.1) is 0 Å². The number of ether oxygens (including phenoxy) is 1. The van der Waals surface area contributed by atoms with Gasteiger partial charge in [-0.05, 0) is 18.8 Å².